The number of hydrogen-bond donors (Lipinski definition) is 1. The first-order valence-electron chi connectivity index (χ1n) is 11.3. The Bertz CT molecular complexity index is 1380. The maximum atomic E-state index is 15.3. The molecule has 0 saturated carbocycles. The average molecular weight is 524 g/mol. The monoisotopic (exact) mass is 524 g/mol. The fourth-order valence-corrected chi connectivity index (χ4v) is 3.80. The van der Waals surface area contributed by atoms with Crippen molar-refractivity contribution in [1.82, 2.24) is 14.3 Å². The number of benzene rings is 2. The number of aryl methyl sites for hydroxylation is 1. The van der Waals surface area contributed by atoms with E-state index >= 15 is 4.39 Å². The summed E-state index contributed by atoms with van der Waals surface area (Å²) in [6, 6.07) is 6.52. The van der Waals surface area contributed by atoms with Crippen LogP contribution in [-0.2, 0) is 17.9 Å². The summed E-state index contributed by atoms with van der Waals surface area (Å²) in [5, 5.41) is 6.64. The van der Waals surface area contributed by atoms with Gasteiger partial charge in [0, 0.05) is 19.2 Å². The van der Waals surface area contributed by atoms with Gasteiger partial charge >= 0.3 is 11.9 Å². The number of nitrogens with zero attached hydrogens (tertiary/aromatic N) is 3. The van der Waals surface area contributed by atoms with E-state index in [-0.39, 0.29) is 24.7 Å². The van der Waals surface area contributed by atoms with Crippen molar-refractivity contribution in [2.75, 3.05) is 19.0 Å². The van der Waals surface area contributed by atoms with E-state index < -0.39 is 46.7 Å². The van der Waals surface area contributed by atoms with E-state index in [0.29, 0.717) is 30.4 Å². The van der Waals surface area contributed by atoms with Crippen LogP contribution in [0.3, 0.4) is 0 Å². The lowest BCUT2D eigenvalue weighted by Crippen LogP contribution is -2.32. The number of anilines is 1. The van der Waals surface area contributed by atoms with Crippen LogP contribution in [0.4, 0.5) is 23.2 Å². The molecule has 2 aromatic carbocycles. The van der Waals surface area contributed by atoms with Crippen LogP contribution in [0.25, 0.3) is 5.69 Å². The Morgan fingerprint density at radius 3 is 2.70 bits per heavy atom. The van der Waals surface area contributed by atoms with E-state index in [9.17, 15) is 22.8 Å². The van der Waals surface area contributed by atoms with Crippen molar-refractivity contribution in [1.29, 1.82) is 0 Å². The fraction of sp³-hybridized carbons (Fsp3) is 0.375. The third-order valence-electron chi connectivity index (χ3n) is 5.82. The van der Waals surface area contributed by atoms with E-state index in [2.05, 4.69) is 10.4 Å². The molecule has 9 nitrogen and oxygen atoms in total. The molecular formula is C24H24F4N4O5. The van der Waals surface area contributed by atoms with E-state index in [1.54, 1.807) is 25.1 Å². The third-order valence-corrected chi connectivity index (χ3v) is 5.82. The molecule has 1 aliphatic heterocycles. The summed E-state index contributed by atoms with van der Waals surface area (Å²) in [5.41, 5.74) is -0.830. The minimum Gasteiger partial charge on any atom is -0.495 e. The SMILES string of the molecule is COc1cccc(C)c1NC(=O)c1cc(F)c(-n2nc3n(c2=O)CCCOC3)cc1O[C@@H](C)C(F)(F)F. The molecule has 37 heavy (non-hydrogen) atoms. The quantitative estimate of drug-likeness (QED) is 0.490. The van der Waals surface area contributed by atoms with Gasteiger partial charge in [0.05, 0.1) is 18.4 Å². The van der Waals surface area contributed by atoms with Gasteiger partial charge in [-0.3, -0.25) is 9.36 Å². The molecule has 1 aromatic heterocycles. The molecule has 0 radical (unpaired) electrons. The van der Waals surface area contributed by atoms with Gasteiger partial charge in [0.2, 0.25) is 0 Å². The van der Waals surface area contributed by atoms with Crippen molar-refractivity contribution in [3.63, 3.8) is 0 Å². The highest BCUT2D eigenvalue weighted by Gasteiger charge is 2.39. The lowest BCUT2D eigenvalue weighted by atomic mass is 10.1. The predicted octanol–water partition coefficient (Wildman–Crippen LogP) is 3.99. The van der Waals surface area contributed by atoms with Crippen molar-refractivity contribution in [2.24, 2.45) is 0 Å². The fourth-order valence-electron chi connectivity index (χ4n) is 3.80. The van der Waals surface area contributed by atoms with Crippen LogP contribution in [0, 0.1) is 12.7 Å². The summed E-state index contributed by atoms with van der Waals surface area (Å²) in [6.07, 6.45) is -6.59. The smallest absolute Gasteiger partial charge is 0.425 e. The van der Waals surface area contributed by atoms with Gasteiger partial charge in [0.25, 0.3) is 5.91 Å². The number of ether oxygens (including phenoxy) is 3. The van der Waals surface area contributed by atoms with Gasteiger partial charge in [-0.15, -0.1) is 5.10 Å². The van der Waals surface area contributed by atoms with Crippen molar-refractivity contribution in [3.05, 3.63) is 63.6 Å². The van der Waals surface area contributed by atoms with Crippen molar-refractivity contribution >= 4 is 11.6 Å². The van der Waals surface area contributed by atoms with Crippen LogP contribution in [0.5, 0.6) is 11.5 Å². The first-order valence-corrected chi connectivity index (χ1v) is 11.3. The van der Waals surface area contributed by atoms with Crippen LogP contribution in [0.2, 0.25) is 0 Å². The van der Waals surface area contributed by atoms with E-state index in [1.165, 1.54) is 11.7 Å². The Labute approximate surface area is 208 Å². The normalized spacial score (nSPS) is 14.5. The minimum absolute atomic E-state index is 0.0110. The second-order valence-electron chi connectivity index (χ2n) is 8.38. The van der Waals surface area contributed by atoms with Crippen LogP contribution in [-0.4, -0.2) is 46.3 Å². The molecule has 3 aromatic rings. The van der Waals surface area contributed by atoms with E-state index in [0.717, 1.165) is 17.7 Å². The zero-order chi connectivity index (χ0) is 26.9. The Morgan fingerprint density at radius 1 is 1.24 bits per heavy atom. The molecule has 0 bridgehead atoms. The number of aromatic nitrogens is 3. The molecule has 4 rings (SSSR count). The van der Waals surface area contributed by atoms with Gasteiger partial charge in [0.1, 0.15) is 29.6 Å². The zero-order valence-corrected chi connectivity index (χ0v) is 20.2. The Morgan fingerprint density at radius 2 is 2.00 bits per heavy atom. The summed E-state index contributed by atoms with van der Waals surface area (Å²) < 4.78 is 73.0. The highest BCUT2D eigenvalue weighted by molar-refractivity contribution is 6.07. The van der Waals surface area contributed by atoms with Crippen LogP contribution < -0.4 is 20.5 Å². The summed E-state index contributed by atoms with van der Waals surface area (Å²) in [7, 11) is 1.38. The standard InChI is InChI=1S/C24H24F4N4O5/c1-13-6-4-7-18(35-3)21(13)29-22(33)15-10-16(25)17(11-19(15)37-14(2)24(26,27)28)32-23(34)31-8-5-9-36-12-20(31)30-32/h4,6-7,10-11,14H,5,8-9,12H2,1-3H3,(H,29,33)/t14-/m0/s1. The molecule has 0 fully saturated rings. The maximum Gasteiger partial charge on any atom is 0.425 e. The molecule has 2 heterocycles. The Kier molecular flexibility index (Phi) is 7.25. The number of carbonyl (C=O) groups is 1. The average Bonchev–Trinajstić information content (AvgIpc) is 3.00. The lowest BCUT2D eigenvalue weighted by molar-refractivity contribution is -0.189. The number of amides is 1. The summed E-state index contributed by atoms with van der Waals surface area (Å²) in [5.74, 6) is -2.06. The number of hydrogen-bond acceptors (Lipinski definition) is 6. The Balaban J connectivity index is 1.80. The predicted molar refractivity (Wildman–Crippen MR) is 124 cm³/mol. The number of fused-ring (bicyclic) bond motifs is 1. The molecule has 13 heteroatoms. The second kappa shape index (κ2) is 10.2. The van der Waals surface area contributed by atoms with Gasteiger partial charge in [0.15, 0.2) is 11.9 Å². The van der Waals surface area contributed by atoms with Crippen LogP contribution >= 0.6 is 0 Å². The Hall–Kier alpha value is -3.87. The van der Waals surface area contributed by atoms with Gasteiger partial charge < -0.3 is 19.5 Å². The molecule has 0 spiro atoms. The highest BCUT2D eigenvalue weighted by Crippen LogP contribution is 2.33. The number of halogens is 4. The molecule has 1 aliphatic rings. The van der Waals surface area contributed by atoms with Crippen LogP contribution in [0.1, 0.15) is 35.1 Å². The number of nitrogens with one attached hydrogen (secondary N) is 1. The summed E-state index contributed by atoms with van der Waals surface area (Å²) >= 11 is 0. The van der Waals surface area contributed by atoms with Gasteiger partial charge in [-0.1, -0.05) is 12.1 Å². The first-order chi connectivity index (χ1) is 17.5. The molecule has 0 aliphatic carbocycles. The molecule has 0 saturated heterocycles. The number of rotatable bonds is 6. The lowest BCUT2D eigenvalue weighted by Gasteiger charge is -2.21. The molecule has 1 N–H and O–H groups in total. The number of methoxy groups -OCH3 is 1. The minimum atomic E-state index is -4.78. The third kappa shape index (κ3) is 5.31. The molecular weight excluding hydrogens is 500 g/mol. The topological polar surface area (TPSA) is 96.6 Å². The first kappa shape index (κ1) is 26.2. The molecule has 198 valence electrons. The maximum absolute atomic E-state index is 15.3. The van der Waals surface area contributed by atoms with Gasteiger partial charge in [-0.25, -0.2) is 9.18 Å². The van der Waals surface area contributed by atoms with Crippen molar-refractivity contribution in [2.45, 2.75) is 45.7 Å². The van der Waals surface area contributed by atoms with Crippen molar-refractivity contribution < 1.29 is 36.6 Å². The van der Waals surface area contributed by atoms with Crippen LogP contribution in [0.15, 0.2) is 35.1 Å². The second-order valence-corrected chi connectivity index (χ2v) is 8.38. The largest absolute Gasteiger partial charge is 0.495 e. The highest BCUT2D eigenvalue weighted by atomic mass is 19.4. The van der Waals surface area contributed by atoms with Gasteiger partial charge in [-0.05, 0) is 38.0 Å². The number of alkyl halides is 3. The zero-order valence-electron chi connectivity index (χ0n) is 20.2. The molecule has 1 atom stereocenters. The number of para-hydroxylation sites is 1. The van der Waals surface area contributed by atoms with Crippen molar-refractivity contribution in [3.8, 4) is 17.2 Å². The number of carbonyl (C=O) groups excluding carboxylic acids is 1. The van der Waals surface area contributed by atoms with E-state index in [4.69, 9.17) is 14.2 Å². The summed E-state index contributed by atoms with van der Waals surface area (Å²) in [6.45, 7) is 3.14. The van der Waals surface area contributed by atoms with Gasteiger partial charge in [-0.2, -0.15) is 17.9 Å². The van der Waals surface area contributed by atoms with E-state index in [1.807, 2.05) is 0 Å². The summed E-state index contributed by atoms with van der Waals surface area (Å²) in [4.78, 5) is 26.1. The molecule has 1 amide bonds. The molecule has 0 unspecified atom stereocenters.